The van der Waals surface area contributed by atoms with Gasteiger partial charge >= 0.3 is 0 Å². The topological polar surface area (TPSA) is 66.7 Å². The van der Waals surface area contributed by atoms with Crippen LogP contribution >= 0.6 is 34.7 Å². The lowest BCUT2D eigenvalue weighted by atomic mass is 10.1. The molecule has 2 heterocycles. The number of nitrogens with zero attached hydrogens (tertiary/aromatic N) is 3. The molecule has 4 rings (SSSR count). The molecule has 2 atom stereocenters. The molecular weight excluding hydrogens is 435 g/mol. The Kier molecular flexibility index (Phi) is 4.70. The molecule has 0 amide bonds. The minimum absolute atomic E-state index is 0.1000. The second kappa shape index (κ2) is 6.74. The van der Waals surface area contributed by atoms with Crippen LogP contribution in [-0.4, -0.2) is 40.8 Å². The van der Waals surface area contributed by atoms with E-state index in [9.17, 15) is 4.57 Å². The molecule has 1 saturated carbocycles. The lowest BCUT2D eigenvalue weighted by Gasteiger charge is -2.24. The van der Waals surface area contributed by atoms with Crippen LogP contribution in [0, 0.1) is 0 Å². The zero-order chi connectivity index (χ0) is 18.5. The third-order valence-corrected chi connectivity index (χ3v) is 7.06. The highest BCUT2D eigenvalue weighted by Crippen LogP contribution is 2.43. The van der Waals surface area contributed by atoms with E-state index in [1.807, 2.05) is 12.1 Å². The van der Waals surface area contributed by atoms with E-state index in [2.05, 4.69) is 43.4 Å². The largest absolute Gasteiger partial charge is 0.362 e. The van der Waals surface area contributed by atoms with Crippen molar-refractivity contribution in [3.8, 4) is 0 Å². The van der Waals surface area contributed by atoms with Gasteiger partial charge in [0.1, 0.15) is 13.3 Å². The predicted octanol–water partition coefficient (Wildman–Crippen LogP) is 4.54. The van der Waals surface area contributed by atoms with E-state index >= 15 is 0 Å². The normalized spacial score (nSPS) is 23.2. The van der Waals surface area contributed by atoms with Gasteiger partial charge in [0.15, 0.2) is 0 Å². The number of aromatic nitrogens is 1. The highest BCUT2D eigenvalue weighted by Gasteiger charge is 2.28. The molecule has 5 nitrogen and oxygen atoms in total. The Morgan fingerprint density at radius 1 is 1.23 bits per heavy atom. The van der Waals surface area contributed by atoms with Crippen LogP contribution in [0.4, 0.5) is 5.69 Å². The number of benzene rings is 1. The summed E-state index contributed by atoms with van der Waals surface area (Å²) in [5.41, 5.74) is 2.82. The van der Waals surface area contributed by atoms with Crippen molar-refractivity contribution in [2.24, 2.45) is 9.98 Å². The molecule has 1 aromatic heterocycles. The van der Waals surface area contributed by atoms with Gasteiger partial charge in [-0.1, -0.05) is 22.0 Å². The molecule has 0 radical (unpaired) electrons. The summed E-state index contributed by atoms with van der Waals surface area (Å²) in [6, 6.07) is 8.04. The Bertz CT molecular complexity index is 983. The van der Waals surface area contributed by atoms with Gasteiger partial charge in [-0.15, -0.1) is 0 Å². The second-order valence-corrected chi connectivity index (χ2v) is 11.6. The molecule has 2 aliphatic rings. The van der Waals surface area contributed by atoms with Crippen molar-refractivity contribution in [2.45, 2.75) is 29.8 Å². The Hall–Kier alpha value is -1.23. The molecule has 26 heavy (non-hydrogen) atoms. The number of hydrogen-bond donors (Lipinski definition) is 1. The monoisotopic (exact) mass is 452 g/mol. The van der Waals surface area contributed by atoms with Gasteiger partial charge < -0.3 is 9.88 Å². The van der Waals surface area contributed by atoms with Gasteiger partial charge in [0.25, 0.3) is 0 Å². The van der Waals surface area contributed by atoms with Crippen LogP contribution < -0.4 is 10.6 Å². The maximum absolute atomic E-state index is 13.1. The minimum atomic E-state index is -2.56. The zero-order valence-corrected chi connectivity index (χ0v) is 17.7. The summed E-state index contributed by atoms with van der Waals surface area (Å²) in [5.74, 6) is 0.586. The number of aliphatic imine (C=N–C) groups is 2. The van der Waals surface area contributed by atoms with Crippen LogP contribution in [0.25, 0.3) is 10.9 Å². The van der Waals surface area contributed by atoms with E-state index in [4.69, 9.17) is 16.6 Å². The predicted molar refractivity (Wildman–Crippen MR) is 115 cm³/mol. The minimum Gasteiger partial charge on any atom is -0.362 e. The Morgan fingerprint density at radius 3 is 2.69 bits per heavy atom. The SMILES string of the molecule is CP(C)(=O)c1c(NC2N=C(Cl)N=CC2Br)ccc2nc(C3CC3)ccc12. The van der Waals surface area contributed by atoms with Gasteiger partial charge in [-0.3, -0.25) is 4.98 Å². The molecular formula is C18H19BrClN4OP. The zero-order valence-electron chi connectivity index (χ0n) is 14.5. The molecule has 1 aromatic carbocycles. The summed E-state index contributed by atoms with van der Waals surface area (Å²) in [7, 11) is -2.56. The smallest absolute Gasteiger partial charge is 0.219 e. The number of halogens is 2. The fourth-order valence-electron chi connectivity index (χ4n) is 3.21. The summed E-state index contributed by atoms with van der Waals surface area (Å²) in [6.07, 6.45) is 3.80. The maximum atomic E-state index is 13.1. The molecule has 0 spiro atoms. The van der Waals surface area contributed by atoms with Gasteiger partial charge in [-0.05, 0) is 56.0 Å². The Labute approximate surface area is 165 Å². The van der Waals surface area contributed by atoms with Crippen LogP contribution in [0.5, 0.6) is 0 Å². The fraction of sp³-hybridized carbons (Fsp3) is 0.389. The molecule has 0 saturated heterocycles. The molecule has 1 N–H and O–H groups in total. The number of rotatable bonds is 4. The molecule has 1 aliphatic carbocycles. The van der Waals surface area contributed by atoms with Crippen molar-refractivity contribution in [3.05, 3.63) is 30.0 Å². The maximum Gasteiger partial charge on any atom is 0.219 e. The molecule has 2 unspecified atom stereocenters. The number of anilines is 1. The number of alkyl halides is 1. The van der Waals surface area contributed by atoms with Crippen molar-refractivity contribution in [2.75, 3.05) is 18.6 Å². The summed E-state index contributed by atoms with van der Waals surface area (Å²) < 4.78 is 13.1. The first-order valence-corrected chi connectivity index (χ1v) is 12.4. The van der Waals surface area contributed by atoms with Gasteiger partial charge in [0, 0.05) is 34.2 Å². The van der Waals surface area contributed by atoms with E-state index in [0.717, 1.165) is 27.6 Å². The number of amidine groups is 1. The molecule has 8 heteroatoms. The summed E-state index contributed by atoms with van der Waals surface area (Å²) in [4.78, 5) is 13.0. The van der Waals surface area contributed by atoms with E-state index in [0.29, 0.717) is 5.92 Å². The van der Waals surface area contributed by atoms with Crippen molar-refractivity contribution in [1.82, 2.24) is 4.98 Å². The van der Waals surface area contributed by atoms with Gasteiger partial charge in [0.2, 0.25) is 5.29 Å². The number of nitrogens with one attached hydrogen (secondary N) is 1. The van der Waals surface area contributed by atoms with Crippen molar-refractivity contribution < 1.29 is 4.57 Å². The third kappa shape index (κ3) is 3.60. The molecule has 136 valence electrons. The van der Waals surface area contributed by atoms with Crippen molar-refractivity contribution in [3.63, 3.8) is 0 Å². The average Bonchev–Trinajstić information content (AvgIpc) is 3.41. The highest BCUT2D eigenvalue weighted by atomic mass is 79.9. The number of hydrogen-bond acceptors (Lipinski definition) is 5. The summed E-state index contributed by atoms with van der Waals surface area (Å²) in [6.45, 7) is 3.57. The third-order valence-electron chi connectivity index (χ3n) is 4.57. The number of fused-ring (bicyclic) bond motifs is 1. The number of pyridine rings is 1. The Balaban J connectivity index is 1.80. The van der Waals surface area contributed by atoms with Crippen LogP contribution in [0.15, 0.2) is 34.3 Å². The van der Waals surface area contributed by atoms with Crippen molar-refractivity contribution in [1.29, 1.82) is 0 Å². The second-order valence-electron chi connectivity index (χ2n) is 7.10. The quantitative estimate of drug-likeness (QED) is 0.420. The molecule has 1 fully saturated rings. The van der Waals surface area contributed by atoms with E-state index < -0.39 is 7.14 Å². The van der Waals surface area contributed by atoms with Gasteiger partial charge in [0.05, 0.1) is 10.3 Å². The van der Waals surface area contributed by atoms with E-state index in [1.54, 1.807) is 19.5 Å². The molecule has 0 bridgehead atoms. The first-order chi connectivity index (χ1) is 12.3. The average molecular weight is 454 g/mol. The Morgan fingerprint density at radius 2 is 2.00 bits per heavy atom. The van der Waals surface area contributed by atoms with Gasteiger partial charge in [-0.25, -0.2) is 9.98 Å². The summed E-state index contributed by atoms with van der Waals surface area (Å²) >= 11 is 9.48. The standard InChI is InChI=1S/C18H19BrClN4OP/c1-26(2,25)16-11-5-6-13(10-3-4-10)22-14(11)7-8-15(16)23-17-12(19)9-21-18(20)24-17/h5-10,12,17,23H,3-4H2,1-2H3. The first kappa shape index (κ1) is 18.1. The van der Waals surface area contributed by atoms with Crippen LogP contribution in [0.2, 0.25) is 0 Å². The van der Waals surface area contributed by atoms with Crippen LogP contribution in [-0.2, 0) is 4.57 Å². The first-order valence-electron chi connectivity index (χ1n) is 8.50. The van der Waals surface area contributed by atoms with Gasteiger partial charge in [-0.2, -0.15) is 0 Å². The highest BCUT2D eigenvalue weighted by molar-refractivity contribution is 9.10. The molecule has 2 aromatic rings. The van der Waals surface area contributed by atoms with E-state index in [-0.39, 0.29) is 16.3 Å². The lowest BCUT2D eigenvalue weighted by molar-refractivity contribution is 0.588. The lowest BCUT2D eigenvalue weighted by Crippen LogP contribution is -2.33. The van der Waals surface area contributed by atoms with E-state index in [1.165, 1.54) is 12.8 Å². The summed E-state index contributed by atoms with van der Waals surface area (Å²) in [5, 5.41) is 5.30. The van der Waals surface area contributed by atoms with Crippen LogP contribution in [0.1, 0.15) is 24.5 Å². The van der Waals surface area contributed by atoms with Crippen LogP contribution in [0.3, 0.4) is 0 Å². The fourth-order valence-corrected chi connectivity index (χ4v) is 5.23. The van der Waals surface area contributed by atoms with Crippen molar-refractivity contribution >= 4 is 68.1 Å². The molecule has 1 aliphatic heterocycles.